The van der Waals surface area contributed by atoms with E-state index in [2.05, 4.69) is 0 Å². The van der Waals surface area contributed by atoms with E-state index in [1.165, 1.54) is 0 Å². The van der Waals surface area contributed by atoms with Crippen LogP contribution in [0.1, 0.15) is 91.2 Å². The van der Waals surface area contributed by atoms with Crippen LogP contribution in [0.25, 0.3) is 43.1 Å². The van der Waals surface area contributed by atoms with Crippen molar-refractivity contribution in [1.82, 2.24) is 0 Å². The molecule has 0 heterocycles. The zero-order chi connectivity index (χ0) is 40.5. The minimum atomic E-state index is -0.296. The molecule has 6 rings (SSSR count). The molecule has 292 valence electrons. The SMILES string of the molecule is CCCCC(=O)Oc1c2ccccc2c(OC(=O)CCCC)c2c(C)cccc12.Cc1cccc2c(OC(=O)C(C)C)c3ccccc3c(OC(=O)C(C)C)c12. The van der Waals surface area contributed by atoms with E-state index in [4.69, 9.17) is 18.9 Å². The molecule has 0 atom stereocenters. The first-order valence-corrected chi connectivity index (χ1v) is 19.6. The first kappa shape index (κ1) is 41.4. The third kappa shape index (κ3) is 9.19. The molecule has 0 bridgehead atoms. The quantitative estimate of drug-likeness (QED) is 0.0690. The molecule has 0 aliphatic carbocycles. The van der Waals surface area contributed by atoms with Crippen molar-refractivity contribution in [2.75, 3.05) is 0 Å². The van der Waals surface area contributed by atoms with E-state index in [1.54, 1.807) is 27.7 Å². The molecule has 8 nitrogen and oxygen atoms in total. The minimum absolute atomic E-state index is 0.241. The molecule has 0 aliphatic heterocycles. The van der Waals surface area contributed by atoms with Crippen molar-refractivity contribution in [3.63, 3.8) is 0 Å². The Morgan fingerprint density at radius 3 is 1.16 bits per heavy atom. The maximum absolute atomic E-state index is 12.4. The monoisotopic (exact) mass is 756 g/mol. The molecule has 6 aromatic rings. The van der Waals surface area contributed by atoms with Gasteiger partial charge in [-0.2, -0.15) is 0 Å². The van der Waals surface area contributed by atoms with Gasteiger partial charge in [0.15, 0.2) is 0 Å². The zero-order valence-electron chi connectivity index (χ0n) is 33.7. The summed E-state index contributed by atoms with van der Waals surface area (Å²) in [6, 6.07) is 26.7. The van der Waals surface area contributed by atoms with Gasteiger partial charge in [0.05, 0.1) is 11.8 Å². The van der Waals surface area contributed by atoms with Crippen molar-refractivity contribution in [3.05, 3.63) is 96.1 Å². The Balaban J connectivity index is 0.000000215. The maximum Gasteiger partial charge on any atom is 0.313 e. The van der Waals surface area contributed by atoms with E-state index in [9.17, 15) is 19.2 Å². The zero-order valence-corrected chi connectivity index (χ0v) is 33.7. The first-order chi connectivity index (χ1) is 26.9. The summed E-state index contributed by atoms with van der Waals surface area (Å²) >= 11 is 0. The fourth-order valence-electron chi connectivity index (χ4n) is 6.48. The van der Waals surface area contributed by atoms with Gasteiger partial charge in [0.25, 0.3) is 0 Å². The van der Waals surface area contributed by atoms with Crippen molar-refractivity contribution < 1.29 is 38.1 Å². The van der Waals surface area contributed by atoms with E-state index in [0.717, 1.165) is 79.9 Å². The average molecular weight is 757 g/mol. The smallest absolute Gasteiger partial charge is 0.313 e. The molecule has 0 unspecified atom stereocenters. The second-order valence-corrected chi connectivity index (χ2v) is 14.7. The Morgan fingerprint density at radius 2 is 0.768 bits per heavy atom. The van der Waals surface area contributed by atoms with Gasteiger partial charge >= 0.3 is 23.9 Å². The summed E-state index contributed by atoms with van der Waals surface area (Å²) in [7, 11) is 0. The number of rotatable bonds is 12. The van der Waals surface area contributed by atoms with E-state index in [1.807, 2.05) is 113 Å². The lowest BCUT2D eigenvalue weighted by atomic mass is 9.97. The van der Waals surface area contributed by atoms with Gasteiger partial charge in [-0.05, 0) is 37.8 Å². The minimum Gasteiger partial charge on any atom is -0.425 e. The highest BCUT2D eigenvalue weighted by molar-refractivity contribution is 6.15. The maximum atomic E-state index is 12.4. The van der Waals surface area contributed by atoms with Gasteiger partial charge < -0.3 is 18.9 Å². The lowest BCUT2D eigenvalue weighted by Gasteiger charge is -2.18. The Hall–Kier alpha value is -5.76. The molecule has 0 amide bonds. The average Bonchev–Trinajstić information content (AvgIpc) is 3.18. The largest absolute Gasteiger partial charge is 0.425 e. The summed E-state index contributed by atoms with van der Waals surface area (Å²) in [5.41, 5.74) is 1.92. The number of benzene rings is 6. The van der Waals surface area contributed by atoms with E-state index < -0.39 is 0 Å². The molecule has 0 aliphatic rings. The van der Waals surface area contributed by atoms with Crippen LogP contribution in [0.5, 0.6) is 23.0 Å². The molecule has 6 aromatic carbocycles. The summed E-state index contributed by atoms with van der Waals surface area (Å²) in [5.74, 6) is 0.530. The van der Waals surface area contributed by atoms with Crippen LogP contribution in [0, 0.1) is 25.7 Å². The highest BCUT2D eigenvalue weighted by atomic mass is 16.6. The number of carbonyl (C=O) groups is 4. The third-order valence-corrected chi connectivity index (χ3v) is 9.57. The summed E-state index contributed by atoms with van der Waals surface area (Å²) in [4.78, 5) is 49.5. The number of fused-ring (bicyclic) bond motifs is 4. The Labute approximate surface area is 329 Å². The van der Waals surface area contributed by atoms with Crippen LogP contribution in [-0.2, 0) is 19.2 Å². The molecular weight excluding hydrogens is 705 g/mol. The summed E-state index contributed by atoms with van der Waals surface area (Å²) in [6.45, 7) is 15.2. The first-order valence-electron chi connectivity index (χ1n) is 19.6. The lowest BCUT2D eigenvalue weighted by molar-refractivity contribution is -0.138. The normalized spacial score (nSPS) is 11.2. The molecule has 0 radical (unpaired) electrons. The standard InChI is InChI=1S/C25H28O4.C23H24O4/c1-4-6-15-21(26)28-24-18-12-8-9-13-19(18)25(29-22(27)16-7-5-2)23-17(3)11-10-14-20(23)24;1-13(2)22(24)26-20-16-10-6-7-11-17(16)21(27-23(25)14(3)4)19-15(5)9-8-12-18(19)20/h8-14H,4-7,15-16H2,1-3H3;6-14H,1-5H3. The number of carbonyl (C=O) groups excluding carboxylic acids is 4. The number of hydrogen-bond acceptors (Lipinski definition) is 8. The fourth-order valence-corrected chi connectivity index (χ4v) is 6.48. The van der Waals surface area contributed by atoms with Crippen LogP contribution in [0.3, 0.4) is 0 Å². The van der Waals surface area contributed by atoms with Gasteiger partial charge in [-0.3, -0.25) is 19.2 Å². The number of hydrogen-bond donors (Lipinski definition) is 0. The topological polar surface area (TPSA) is 105 Å². The third-order valence-electron chi connectivity index (χ3n) is 9.57. The number of unbranched alkanes of at least 4 members (excludes halogenated alkanes) is 2. The Morgan fingerprint density at radius 1 is 0.446 bits per heavy atom. The van der Waals surface area contributed by atoms with E-state index >= 15 is 0 Å². The molecule has 0 saturated carbocycles. The molecule has 0 saturated heterocycles. The fraction of sp³-hybridized carbons (Fsp3) is 0.333. The predicted molar refractivity (Wildman–Crippen MR) is 224 cm³/mol. The molecule has 0 fully saturated rings. The van der Waals surface area contributed by atoms with Gasteiger partial charge in [-0.1, -0.05) is 139 Å². The Bertz CT molecular complexity index is 2410. The van der Waals surface area contributed by atoms with E-state index in [-0.39, 0.29) is 35.7 Å². The molecule has 0 N–H and O–H groups in total. The van der Waals surface area contributed by atoms with Crippen molar-refractivity contribution >= 4 is 67.0 Å². The molecule has 0 aromatic heterocycles. The highest BCUT2D eigenvalue weighted by Crippen LogP contribution is 2.46. The number of esters is 4. The summed E-state index contributed by atoms with van der Waals surface area (Å²) < 4.78 is 23.3. The van der Waals surface area contributed by atoms with Crippen LogP contribution < -0.4 is 18.9 Å². The van der Waals surface area contributed by atoms with Gasteiger partial charge in [0.1, 0.15) is 23.0 Å². The van der Waals surface area contributed by atoms with Crippen LogP contribution >= 0.6 is 0 Å². The van der Waals surface area contributed by atoms with Crippen LogP contribution in [0.4, 0.5) is 0 Å². The van der Waals surface area contributed by atoms with Crippen LogP contribution in [0.2, 0.25) is 0 Å². The van der Waals surface area contributed by atoms with Crippen LogP contribution in [0.15, 0.2) is 84.9 Å². The molecule has 56 heavy (non-hydrogen) atoms. The molecule has 8 heteroatoms. The molecular formula is C48H52O8. The Kier molecular flexibility index (Phi) is 13.8. The van der Waals surface area contributed by atoms with Crippen molar-refractivity contribution in [2.24, 2.45) is 11.8 Å². The molecule has 0 spiro atoms. The van der Waals surface area contributed by atoms with Crippen molar-refractivity contribution in [3.8, 4) is 23.0 Å². The van der Waals surface area contributed by atoms with Gasteiger partial charge in [0, 0.05) is 55.9 Å². The van der Waals surface area contributed by atoms with Crippen LogP contribution in [-0.4, -0.2) is 23.9 Å². The lowest BCUT2D eigenvalue weighted by Crippen LogP contribution is -2.17. The van der Waals surface area contributed by atoms with Crippen molar-refractivity contribution in [1.29, 1.82) is 0 Å². The van der Waals surface area contributed by atoms with Gasteiger partial charge in [-0.15, -0.1) is 0 Å². The second kappa shape index (κ2) is 18.7. The number of ether oxygens (including phenoxy) is 4. The highest BCUT2D eigenvalue weighted by Gasteiger charge is 2.24. The van der Waals surface area contributed by atoms with E-state index in [0.29, 0.717) is 35.8 Å². The summed E-state index contributed by atoms with van der Waals surface area (Å²) in [5, 5.41) is 6.19. The number of aryl methyl sites for hydroxylation is 2. The van der Waals surface area contributed by atoms with Gasteiger partial charge in [-0.25, -0.2) is 0 Å². The summed E-state index contributed by atoms with van der Waals surface area (Å²) in [6.07, 6.45) is 4.21. The van der Waals surface area contributed by atoms with Gasteiger partial charge in [0.2, 0.25) is 0 Å². The van der Waals surface area contributed by atoms with Crippen molar-refractivity contribution in [2.45, 2.75) is 93.9 Å². The second-order valence-electron chi connectivity index (χ2n) is 14.7. The predicted octanol–water partition coefficient (Wildman–Crippen LogP) is 11.9.